The topological polar surface area (TPSA) is 64.4 Å². The van der Waals surface area contributed by atoms with Gasteiger partial charge in [-0.1, -0.05) is 48.2 Å². The Morgan fingerprint density at radius 1 is 1.09 bits per heavy atom. The first-order valence-corrected chi connectivity index (χ1v) is 12.1. The molecule has 1 aliphatic heterocycles. The van der Waals surface area contributed by atoms with E-state index in [9.17, 15) is 9.59 Å². The molecule has 5 rings (SSSR count). The van der Waals surface area contributed by atoms with E-state index in [1.165, 1.54) is 17.3 Å². The molecule has 34 heavy (non-hydrogen) atoms. The molecule has 1 amide bonds. The molecule has 3 aromatic carbocycles. The van der Waals surface area contributed by atoms with Crippen molar-refractivity contribution in [3.05, 3.63) is 88.7 Å². The Labute approximate surface area is 202 Å². The van der Waals surface area contributed by atoms with E-state index in [2.05, 4.69) is 13.0 Å². The molecule has 0 spiro atoms. The summed E-state index contributed by atoms with van der Waals surface area (Å²) in [5.74, 6) is 0.641. The molecule has 0 unspecified atom stereocenters. The molecule has 0 fully saturated rings. The maximum atomic E-state index is 13.6. The zero-order chi connectivity index (χ0) is 23.8. The standard InChI is InChI=1S/C27H25N3O3S/c1-17-15-19-9-4-7-14-24(19)29(17)25(31)18(2)34-27-28-23-13-6-5-12-22(23)26(32)30(27)20-10-8-11-21(16-20)33-3/h4-14,16-18H,15H2,1-3H3/t17-,18-/m0/s1. The van der Waals surface area contributed by atoms with Crippen molar-refractivity contribution in [1.82, 2.24) is 9.55 Å². The van der Waals surface area contributed by atoms with Gasteiger partial charge in [-0.3, -0.25) is 14.2 Å². The van der Waals surface area contributed by atoms with E-state index in [4.69, 9.17) is 9.72 Å². The number of fused-ring (bicyclic) bond motifs is 2. The van der Waals surface area contributed by atoms with Gasteiger partial charge in [0.05, 0.1) is 29.0 Å². The van der Waals surface area contributed by atoms with E-state index in [0.717, 1.165) is 12.1 Å². The lowest BCUT2D eigenvalue weighted by atomic mass is 10.1. The van der Waals surface area contributed by atoms with Gasteiger partial charge in [-0.15, -0.1) is 0 Å². The van der Waals surface area contributed by atoms with Crippen molar-refractivity contribution in [2.75, 3.05) is 12.0 Å². The fraction of sp³-hybridized carbons (Fsp3) is 0.222. The number of thioether (sulfide) groups is 1. The van der Waals surface area contributed by atoms with Crippen LogP contribution in [-0.4, -0.2) is 33.9 Å². The summed E-state index contributed by atoms with van der Waals surface area (Å²) in [6, 6.07) is 22.7. The van der Waals surface area contributed by atoms with Crippen molar-refractivity contribution >= 4 is 34.3 Å². The molecule has 0 aliphatic carbocycles. The number of benzene rings is 3. The van der Waals surface area contributed by atoms with Gasteiger partial charge in [0.25, 0.3) is 5.56 Å². The van der Waals surface area contributed by atoms with Crippen molar-refractivity contribution in [3.63, 3.8) is 0 Å². The minimum atomic E-state index is -0.446. The summed E-state index contributed by atoms with van der Waals surface area (Å²) in [7, 11) is 1.59. The molecule has 1 aromatic heterocycles. The third-order valence-electron chi connectivity index (χ3n) is 6.13. The molecular weight excluding hydrogens is 446 g/mol. The van der Waals surface area contributed by atoms with Gasteiger partial charge in [-0.05, 0) is 56.2 Å². The highest BCUT2D eigenvalue weighted by molar-refractivity contribution is 8.00. The van der Waals surface area contributed by atoms with Gasteiger partial charge in [0.2, 0.25) is 5.91 Å². The third-order valence-corrected chi connectivity index (χ3v) is 7.17. The summed E-state index contributed by atoms with van der Waals surface area (Å²) in [6.45, 7) is 3.94. The lowest BCUT2D eigenvalue weighted by Gasteiger charge is -2.26. The number of carbonyl (C=O) groups excluding carboxylic acids is 1. The Hall–Kier alpha value is -3.58. The van der Waals surface area contributed by atoms with Crippen LogP contribution in [-0.2, 0) is 11.2 Å². The van der Waals surface area contributed by atoms with Crippen molar-refractivity contribution < 1.29 is 9.53 Å². The molecule has 0 saturated carbocycles. The van der Waals surface area contributed by atoms with Crippen LogP contribution in [0.3, 0.4) is 0 Å². The van der Waals surface area contributed by atoms with Crippen LogP contribution in [0.15, 0.2) is 82.7 Å². The molecule has 0 bridgehead atoms. The maximum Gasteiger partial charge on any atom is 0.266 e. The Morgan fingerprint density at radius 3 is 2.68 bits per heavy atom. The Kier molecular flexibility index (Phi) is 5.87. The van der Waals surface area contributed by atoms with Gasteiger partial charge in [0.1, 0.15) is 5.75 Å². The fourth-order valence-corrected chi connectivity index (χ4v) is 5.45. The second-order valence-electron chi connectivity index (χ2n) is 8.40. The molecule has 1 aliphatic rings. The van der Waals surface area contributed by atoms with Gasteiger partial charge < -0.3 is 9.64 Å². The van der Waals surface area contributed by atoms with Crippen molar-refractivity contribution in [2.45, 2.75) is 36.7 Å². The monoisotopic (exact) mass is 471 g/mol. The Bertz CT molecular complexity index is 1450. The Balaban J connectivity index is 1.57. The van der Waals surface area contributed by atoms with Crippen LogP contribution in [0.25, 0.3) is 16.6 Å². The highest BCUT2D eigenvalue weighted by atomic mass is 32.2. The second kappa shape index (κ2) is 8.99. The lowest BCUT2D eigenvalue weighted by Crippen LogP contribution is -2.40. The number of anilines is 1. The van der Waals surface area contributed by atoms with E-state index < -0.39 is 5.25 Å². The van der Waals surface area contributed by atoms with Crippen molar-refractivity contribution in [2.24, 2.45) is 0 Å². The van der Waals surface area contributed by atoms with Crippen molar-refractivity contribution in [3.8, 4) is 11.4 Å². The number of para-hydroxylation sites is 2. The van der Waals surface area contributed by atoms with Crippen LogP contribution in [0.1, 0.15) is 19.4 Å². The number of amides is 1. The van der Waals surface area contributed by atoms with Crippen LogP contribution in [0.2, 0.25) is 0 Å². The summed E-state index contributed by atoms with van der Waals surface area (Å²) in [6.07, 6.45) is 0.835. The zero-order valence-electron chi connectivity index (χ0n) is 19.3. The summed E-state index contributed by atoms with van der Waals surface area (Å²) in [5.41, 5.74) is 3.21. The Morgan fingerprint density at radius 2 is 1.85 bits per heavy atom. The number of aromatic nitrogens is 2. The number of hydrogen-bond donors (Lipinski definition) is 0. The lowest BCUT2D eigenvalue weighted by molar-refractivity contribution is -0.118. The number of carbonyl (C=O) groups is 1. The van der Waals surface area contributed by atoms with Gasteiger partial charge in [0, 0.05) is 17.8 Å². The van der Waals surface area contributed by atoms with E-state index in [1.54, 1.807) is 23.8 Å². The third kappa shape index (κ3) is 3.86. The van der Waals surface area contributed by atoms with E-state index in [1.807, 2.05) is 66.4 Å². The quantitative estimate of drug-likeness (QED) is 0.307. The van der Waals surface area contributed by atoms with Crippen LogP contribution < -0.4 is 15.2 Å². The van der Waals surface area contributed by atoms with Crippen LogP contribution in [0.4, 0.5) is 5.69 Å². The maximum absolute atomic E-state index is 13.6. The number of rotatable bonds is 5. The first-order valence-electron chi connectivity index (χ1n) is 11.2. The fourth-order valence-electron chi connectivity index (χ4n) is 4.47. The molecular formula is C27H25N3O3S. The number of hydrogen-bond acceptors (Lipinski definition) is 5. The smallest absolute Gasteiger partial charge is 0.266 e. The number of ether oxygens (including phenoxy) is 1. The van der Waals surface area contributed by atoms with E-state index >= 15 is 0 Å². The normalized spacial score (nSPS) is 15.9. The molecule has 4 aromatic rings. The average molecular weight is 472 g/mol. The summed E-state index contributed by atoms with van der Waals surface area (Å²) in [5, 5.41) is 0.548. The average Bonchev–Trinajstić information content (AvgIpc) is 3.19. The first kappa shape index (κ1) is 22.2. The predicted octanol–water partition coefficient (Wildman–Crippen LogP) is 4.85. The van der Waals surface area contributed by atoms with E-state index in [0.29, 0.717) is 27.5 Å². The highest BCUT2D eigenvalue weighted by Gasteiger charge is 2.34. The SMILES string of the molecule is COc1cccc(-n2c(S[C@@H](C)C(=O)N3c4ccccc4C[C@@H]3C)nc3ccccc3c2=O)c1. The molecule has 7 heteroatoms. The number of methoxy groups -OCH3 is 1. The van der Waals surface area contributed by atoms with Crippen LogP contribution in [0, 0.1) is 0 Å². The molecule has 0 radical (unpaired) electrons. The molecule has 0 N–H and O–H groups in total. The van der Waals surface area contributed by atoms with Crippen molar-refractivity contribution in [1.29, 1.82) is 0 Å². The van der Waals surface area contributed by atoms with E-state index in [-0.39, 0.29) is 17.5 Å². The molecule has 2 atom stereocenters. The summed E-state index contributed by atoms with van der Waals surface area (Å²) < 4.78 is 6.94. The highest BCUT2D eigenvalue weighted by Crippen LogP contribution is 2.35. The largest absolute Gasteiger partial charge is 0.497 e. The minimum absolute atomic E-state index is 0.00190. The van der Waals surface area contributed by atoms with Gasteiger partial charge in [-0.2, -0.15) is 0 Å². The number of nitrogens with zero attached hydrogens (tertiary/aromatic N) is 3. The van der Waals surface area contributed by atoms with Gasteiger partial charge in [-0.25, -0.2) is 4.98 Å². The van der Waals surface area contributed by atoms with Crippen LogP contribution in [0.5, 0.6) is 5.75 Å². The molecule has 0 saturated heterocycles. The van der Waals surface area contributed by atoms with Crippen LogP contribution >= 0.6 is 11.8 Å². The minimum Gasteiger partial charge on any atom is -0.497 e. The summed E-state index contributed by atoms with van der Waals surface area (Å²) in [4.78, 5) is 33.8. The molecule has 2 heterocycles. The summed E-state index contributed by atoms with van der Waals surface area (Å²) >= 11 is 1.30. The second-order valence-corrected chi connectivity index (χ2v) is 9.71. The van der Waals surface area contributed by atoms with Gasteiger partial charge in [0.15, 0.2) is 5.16 Å². The predicted molar refractivity (Wildman–Crippen MR) is 136 cm³/mol. The molecule has 172 valence electrons. The molecule has 6 nitrogen and oxygen atoms in total. The zero-order valence-corrected chi connectivity index (χ0v) is 20.1. The first-order chi connectivity index (χ1) is 16.5. The van der Waals surface area contributed by atoms with Gasteiger partial charge >= 0.3 is 0 Å².